The molecule has 3 heterocycles. The zero-order valence-electron chi connectivity index (χ0n) is 20.1. The number of ether oxygens (including phenoxy) is 2. The number of aliphatic carboxylic acids is 1. The lowest BCUT2D eigenvalue weighted by Crippen LogP contribution is -2.36. The van der Waals surface area contributed by atoms with Crippen molar-refractivity contribution in [3.8, 4) is 6.01 Å². The molecule has 1 atom stereocenters. The van der Waals surface area contributed by atoms with Gasteiger partial charge in [-0.15, -0.1) is 0 Å². The van der Waals surface area contributed by atoms with Gasteiger partial charge in [0, 0.05) is 38.6 Å². The fourth-order valence-corrected chi connectivity index (χ4v) is 3.97. The molecule has 0 saturated heterocycles. The Morgan fingerprint density at radius 3 is 2.88 bits per heavy atom. The molecule has 186 valence electrons. The summed E-state index contributed by atoms with van der Waals surface area (Å²) in [6.07, 6.45) is 7.19. The summed E-state index contributed by atoms with van der Waals surface area (Å²) in [4.78, 5) is 26.9. The first kappa shape index (κ1) is 25.6. The molecule has 3 N–H and O–H groups in total. The molecule has 0 amide bonds. The van der Waals surface area contributed by atoms with Crippen molar-refractivity contribution in [2.75, 3.05) is 57.6 Å². The largest absolute Gasteiger partial charge is 0.480 e. The normalized spacial score (nSPS) is 13.7. The third-order valence-electron chi connectivity index (χ3n) is 5.89. The Labute approximate surface area is 201 Å². The summed E-state index contributed by atoms with van der Waals surface area (Å²) in [5.41, 5.74) is 2.43. The number of unbranched alkanes of at least 4 members (excludes halogenated alkanes) is 1. The minimum Gasteiger partial charge on any atom is -0.480 e. The lowest BCUT2D eigenvalue weighted by Gasteiger charge is -2.24. The zero-order valence-corrected chi connectivity index (χ0v) is 20.1. The van der Waals surface area contributed by atoms with E-state index < -0.39 is 12.0 Å². The van der Waals surface area contributed by atoms with Crippen LogP contribution < -0.4 is 15.4 Å². The second-order valence-corrected chi connectivity index (χ2v) is 8.38. The SMILES string of the molecule is COCCN(CCCCc1ccc2c(n1)NCCC2)CCC(Nc1ccnc(OC)n1)C(=O)O. The van der Waals surface area contributed by atoms with Gasteiger partial charge in [0.15, 0.2) is 0 Å². The van der Waals surface area contributed by atoms with Crippen molar-refractivity contribution in [1.82, 2.24) is 19.9 Å². The number of methoxy groups -OCH3 is 2. The van der Waals surface area contributed by atoms with Crippen LogP contribution in [0.5, 0.6) is 6.01 Å². The summed E-state index contributed by atoms with van der Waals surface area (Å²) in [5.74, 6) is 0.546. The lowest BCUT2D eigenvalue weighted by molar-refractivity contribution is -0.138. The zero-order chi connectivity index (χ0) is 24.2. The fraction of sp³-hybridized carbons (Fsp3) is 0.583. The maximum Gasteiger partial charge on any atom is 0.326 e. The van der Waals surface area contributed by atoms with Gasteiger partial charge in [0.1, 0.15) is 17.7 Å². The van der Waals surface area contributed by atoms with Crippen molar-refractivity contribution in [3.05, 3.63) is 35.7 Å². The number of aryl methyl sites for hydroxylation is 2. The quantitative estimate of drug-likeness (QED) is 0.333. The number of nitrogens with zero attached hydrogens (tertiary/aromatic N) is 4. The fourth-order valence-electron chi connectivity index (χ4n) is 3.97. The Morgan fingerprint density at radius 1 is 1.21 bits per heavy atom. The molecule has 10 heteroatoms. The maximum absolute atomic E-state index is 11.8. The average molecular weight is 473 g/mol. The van der Waals surface area contributed by atoms with Gasteiger partial charge in [0.2, 0.25) is 0 Å². The van der Waals surface area contributed by atoms with Gasteiger partial charge in [-0.1, -0.05) is 6.07 Å². The summed E-state index contributed by atoms with van der Waals surface area (Å²) < 4.78 is 10.3. The summed E-state index contributed by atoms with van der Waals surface area (Å²) in [6.45, 7) is 3.86. The predicted molar refractivity (Wildman–Crippen MR) is 131 cm³/mol. The third-order valence-corrected chi connectivity index (χ3v) is 5.89. The number of hydrogen-bond donors (Lipinski definition) is 3. The second-order valence-electron chi connectivity index (χ2n) is 8.38. The van der Waals surface area contributed by atoms with E-state index in [0.717, 1.165) is 63.3 Å². The monoisotopic (exact) mass is 472 g/mol. The number of anilines is 2. The smallest absolute Gasteiger partial charge is 0.326 e. The Bertz CT molecular complexity index is 913. The second kappa shape index (κ2) is 13.7. The van der Waals surface area contributed by atoms with Crippen LogP contribution in [-0.4, -0.2) is 84.0 Å². The van der Waals surface area contributed by atoms with E-state index in [1.54, 1.807) is 13.2 Å². The van der Waals surface area contributed by atoms with Crippen molar-refractivity contribution in [1.29, 1.82) is 0 Å². The van der Waals surface area contributed by atoms with Crippen LogP contribution in [0.3, 0.4) is 0 Å². The first-order chi connectivity index (χ1) is 16.6. The van der Waals surface area contributed by atoms with E-state index in [1.165, 1.54) is 18.9 Å². The van der Waals surface area contributed by atoms with Gasteiger partial charge in [-0.3, -0.25) is 0 Å². The number of pyridine rings is 1. The average Bonchev–Trinajstić information content (AvgIpc) is 2.86. The van der Waals surface area contributed by atoms with Crippen molar-refractivity contribution >= 4 is 17.6 Å². The van der Waals surface area contributed by atoms with Gasteiger partial charge >= 0.3 is 12.0 Å². The van der Waals surface area contributed by atoms with Crippen molar-refractivity contribution < 1.29 is 19.4 Å². The minimum atomic E-state index is -0.920. The Balaban J connectivity index is 1.47. The summed E-state index contributed by atoms with van der Waals surface area (Å²) in [7, 11) is 3.15. The number of rotatable bonds is 15. The van der Waals surface area contributed by atoms with E-state index in [1.807, 2.05) is 0 Å². The van der Waals surface area contributed by atoms with E-state index in [0.29, 0.717) is 25.4 Å². The highest BCUT2D eigenvalue weighted by molar-refractivity contribution is 5.76. The number of carboxylic acids is 1. The van der Waals surface area contributed by atoms with Crippen molar-refractivity contribution in [3.63, 3.8) is 0 Å². The molecule has 0 aromatic carbocycles. The van der Waals surface area contributed by atoms with Gasteiger partial charge in [0.25, 0.3) is 0 Å². The van der Waals surface area contributed by atoms with Crippen LogP contribution >= 0.6 is 0 Å². The van der Waals surface area contributed by atoms with Crippen LogP contribution in [0.4, 0.5) is 11.6 Å². The highest BCUT2D eigenvalue weighted by Gasteiger charge is 2.19. The van der Waals surface area contributed by atoms with E-state index >= 15 is 0 Å². The third kappa shape index (κ3) is 8.11. The molecule has 3 rings (SSSR count). The molecule has 0 aliphatic carbocycles. The first-order valence-electron chi connectivity index (χ1n) is 11.9. The Hall–Kier alpha value is -2.98. The van der Waals surface area contributed by atoms with E-state index in [4.69, 9.17) is 14.5 Å². The van der Waals surface area contributed by atoms with Gasteiger partial charge in [-0.05, 0) is 62.8 Å². The molecule has 34 heavy (non-hydrogen) atoms. The molecule has 0 bridgehead atoms. The van der Waals surface area contributed by atoms with Crippen molar-refractivity contribution in [2.24, 2.45) is 0 Å². The van der Waals surface area contributed by atoms with Crippen LogP contribution in [0.2, 0.25) is 0 Å². The van der Waals surface area contributed by atoms with Crippen LogP contribution in [0, 0.1) is 0 Å². The van der Waals surface area contributed by atoms with E-state index in [9.17, 15) is 9.90 Å². The molecule has 0 spiro atoms. The highest BCUT2D eigenvalue weighted by atomic mass is 16.5. The number of fused-ring (bicyclic) bond motifs is 1. The molecule has 0 radical (unpaired) electrons. The molecule has 1 unspecified atom stereocenters. The maximum atomic E-state index is 11.8. The van der Waals surface area contributed by atoms with Crippen LogP contribution in [0.25, 0.3) is 0 Å². The molecule has 1 aliphatic rings. The summed E-state index contributed by atoms with van der Waals surface area (Å²) >= 11 is 0. The molecule has 10 nitrogen and oxygen atoms in total. The minimum absolute atomic E-state index is 0.194. The Morgan fingerprint density at radius 2 is 2.09 bits per heavy atom. The number of carboxylic acid groups (broad SMARTS) is 1. The molecule has 0 fully saturated rings. The molecule has 2 aromatic heterocycles. The Kier molecular flexibility index (Phi) is 10.3. The molecular formula is C24H36N6O4. The number of hydrogen-bond acceptors (Lipinski definition) is 9. The van der Waals surface area contributed by atoms with Crippen molar-refractivity contribution in [2.45, 2.75) is 44.6 Å². The van der Waals surface area contributed by atoms with Gasteiger partial charge in [-0.25, -0.2) is 14.8 Å². The first-order valence-corrected chi connectivity index (χ1v) is 11.9. The highest BCUT2D eigenvalue weighted by Crippen LogP contribution is 2.20. The van der Waals surface area contributed by atoms with Crippen LogP contribution in [0.15, 0.2) is 24.4 Å². The summed E-state index contributed by atoms with van der Waals surface area (Å²) in [6, 6.07) is 5.39. The van der Waals surface area contributed by atoms with Gasteiger partial charge in [0.05, 0.1) is 13.7 Å². The number of aromatic nitrogens is 3. The van der Waals surface area contributed by atoms with Crippen LogP contribution in [0.1, 0.15) is 36.9 Å². The molecule has 2 aromatic rings. The number of nitrogens with one attached hydrogen (secondary N) is 2. The van der Waals surface area contributed by atoms with Gasteiger partial charge in [-0.2, -0.15) is 4.98 Å². The van der Waals surface area contributed by atoms with Crippen LogP contribution in [-0.2, 0) is 22.4 Å². The standard InChI is InChI=1S/C24H36N6O4/c1-33-17-16-30(14-4-3-7-19-9-8-18-6-5-12-25-22(18)27-19)15-11-20(23(31)32)28-21-10-13-26-24(29-21)34-2/h8-10,13,20H,3-7,11-12,14-17H2,1-2H3,(H,25,27)(H,31,32)(H,26,28,29). The topological polar surface area (TPSA) is 122 Å². The summed E-state index contributed by atoms with van der Waals surface area (Å²) in [5, 5.41) is 16.1. The molecule has 0 saturated carbocycles. The lowest BCUT2D eigenvalue weighted by atomic mass is 10.1. The van der Waals surface area contributed by atoms with E-state index in [-0.39, 0.29) is 6.01 Å². The van der Waals surface area contributed by atoms with E-state index in [2.05, 4.69) is 37.6 Å². The molecule has 1 aliphatic heterocycles. The molecular weight excluding hydrogens is 436 g/mol. The predicted octanol–water partition coefficient (Wildman–Crippen LogP) is 2.46. The number of carbonyl (C=O) groups is 1. The van der Waals surface area contributed by atoms with Gasteiger partial charge < -0.3 is 30.1 Å².